The Morgan fingerprint density at radius 1 is 1.38 bits per heavy atom. The predicted molar refractivity (Wildman–Crippen MR) is 52.3 cm³/mol. The molecule has 0 bridgehead atoms. The maximum Gasteiger partial charge on any atom is 0.309 e. The first-order valence-electron chi connectivity index (χ1n) is 4.87. The van der Waals surface area contributed by atoms with Gasteiger partial charge in [0.1, 0.15) is 5.60 Å². The van der Waals surface area contributed by atoms with Crippen LogP contribution in [0.1, 0.15) is 40.0 Å². The van der Waals surface area contributed by atoms with Gasteiger partial charge in [0.05, 0.1) is 5.92 Å². The summed E-state index contributed by atoms with van der Waals surface area (Å²) in [6.07, 6.45) is 6.98. The van der Waals surface area contributed by atoms with E-state index in [0.717, 1.165) is 19.3 Å². The van der Waals surface area contributed by atoms with Crippen molar-refractivity contribution in [3.8, 4) is 0 Å². The van der Waals surface area contributed by atoms with E-state index < -0.39 is 0 Å². The van der Waals surface area contributed by atoms with Gasteiger partial charge in [0.15, 0.2) is 0 Å². The largest absolute Gasteiger partial charge is 0.460 e. The first-order chi connectivity index (χ1) is 5.99. The van der Waals surface area contributed by atoms with E-state index in [9.17, 15) is 4.79 Å². The van der Waals surface area contributed by atoms with Gasteiger partial charge >= 0.3 is 5.97 Å². The smallest absolute Gasteiger partial charge is 0.309 e. The van der Waals surface area contributed by atoms with E-state index in [1.807, 2.05) is 20.8 Å². The van der Waals surface area contributed by atoms with Crippen LogP contribution in [-0.2, 0) is 9.53 Å². The predicted octanol–water partition coefficient (Wildman–Crippen LogP) is 2.68. The van der Waals surface area contributed by atoms with Gasteiger partial charge in [-0.1, -0.05) is 12.2 Å². The SMILES string of the molecule is CC(C)(C)OC(=O)C1CC=CCC1. The Labute approximate surface area is 80.0 Å². The molecule has 0 aromatic heterocycles. The van der Waals surface area contributed by atoms with Crippen LogP contribution >= 0.6 is 0 Å². The second kappa shape index (κ2) is 3.95. The normalized spacial score (nSPS) is 22.8. The first kappa shape index (κ1) is 10.3. The molecule has 0 aliphatic heterocycles. The Morgan fingerprint density at radius 2 is 2.08 bits per heavy atom. The molecule has 1 aliphatic carbocycles. The fourth-order valence-electron chi connectivity index (χ4n) is 1.39. The lowest BCUT2D eigenvalue weighted by Gasteiger charge is -2.24. The van der Waals surface area contributed by atoms with E-state index in [4.69, 9.17) is 4.74 Å². The van der Waals surface area contributed by atoms with E-state index >= 15 is 0 Å². The van der Waals surface area contributed by atoms with E-state index in [1.54, 1.807) is 0 Å². The van der Waals surface area contributed by atoms with E-state index in [2.05, 4.69) is 12.2 Å². The molecule has 1 aliphatic rings. The third kappa shape index (κ3) is 3.62. The maximum atomic E-state index is 11.6. The van der Waals surface area contributed by atoms with Crippen LogP contribution in [0.5, 0.6) is 0 Å². The first-order valence-corrected chi connectivity index (χ1v) is 4.87. The van der Waals surface area contributed by atoms with E-state index in [1.165, 1.54) is 0 Å². The van der Waals surface area contributed by atoms with Crippen molar-refractivity contribution in [3.05, 3.63) is 12.2 Å². The molecule has 0 spiro atoms. The Kier molecular flexibility index (Phi) is 3.12. The highest BCUT2D eigenvalue weighted by Gasteiger charge is 2.24. The zero-order chi connectivity index (χ0) is 9.90. The van der Waals surface area contributed by atoms with Gasteiger partial charge in [-0.25, -0.2) is 0 Å². The second-order valence-electron chi connectivity index (χ2n) is 4.51. The third-order valence-corrected chi connectivity index (χ3v) is 2.01. The third-order valence-electron chi connectivity index (χ3n) is 2.01. The van der Waals surface area contributed by atoms with Crippen LogP contribution in [0.3, 0.4) is 0 Å². The van der Waals surface area contributed by atoms with E-state index in [-0.39, 0.29) is 17.5 Å². The molecule has 0 saturated heterocycles. The van der Waals surface area contributed by atoms with Gasteiger partial charge in [-0.15, -0.1) is 0 Å². The zero-order valence-electron chi connectivity index (χ0n) is 8.67. The molecule has 0 radical (unpaired) electrons. The Balaban J connectivity index is 2.43. The highest BCUT2D eigenvalue weighted by Crippen LogP contribution is 2.21. The Hall–Kier alpha value is -0.790. The van der Waals surface area contributed by atoms with Gasteiger partial charge in [0.2, 0.25) is 0 Å². The van der Waals surface area contributed by atoms with Crippen molar-refractivity contribution in [1.29, 1.82) is 0 Å². The number of allylic oxidation sites excluding steroid dienone is 2. The lowest BCUT2D eigenvalue weighted by Crippen LogP contribution is -2.29. The molecule has 0 saturated carbocycles. The maximum absolute atomic E-state index is 11.6. The van der Waals surface area contributed by atoms with Gasteiger partial charge < -0.3 is 4.74 Å². The number of ether oxygens (including phenoxy) is 1. The highest BCUT2D eigenvalue weighted by atomic mass is 16.6. The van der Waals surface area contributed by atoms with Crippen molar-refractivity contribution in [3.63, 3.8) is 0 Å². The highest BCUT2D eigenvalue weighted by molar-refractivity contribution is 5.73. The summed E-state index contributed by atoms with van der Waals surface area (Å²) in [5, 5.41) is 0. The number of hydrogen-bond donors (Lipinski definition) is 0. The molecular formula is C11H18O2. The van der Waals surface area contributed by atoms with Crippen molar-refractivity contribution in [2.24, 2.45) is 5.92 Å². The van der Waals surface area contributed by atoms with Crippen molar-refractivity contribution in [1.82, 2.24) is 0 Å². The molecule has 0 fully saturated rings. The van der Waals surface area contributed by atoms with Gasteiger partial charge in [-0.2, -0.15) is 0 Å². The summed E-state index contributed by atoms with van der Waals surface area (Å²) in [5.74, 6) is 0.0427. The van der Waals surface area contributed by atoms with Gasteiger partial charge in [-0.05, 0) is 40.0 Å². The van der Waals surface area contributed by atoms with E-state index in [0.29, 0.717) is 0 Å². The lowest BCUT2D eigenvalue weighted by molar-refractivity contribution is -0.160. The van der Waals surface area contributed by atoms with Gasteiger partial charge in [0, 0.05) is 0 Å². The summed E-state index contributed by atoms with van der Waals surface area (Å²) in [6.45, 7) is 5.72. The van der Waals surface area contributed by atoms with Gasteiger partial charge in [0.25, 0.3) is 0 Å². The quantitative estimate of drug-likeness (QED) is 0.460. The van der Waals surface area contributed by atoms with Crippen LogP contribution in [-0.4, -0.2) is 11.6 Å². The van der Waals surface area contributed by atoms with Crippen LogP contribution in [0.25, 0.3) is 0 Å². The molecule has 0 heterocycles. The lowest BCUT2D eigenvalue weighted by atomic mass is 9.94. The molecule has 1 unspecified atom stereocenters. The minimum atomic E-state index is -0.349. The van der Waals surface area contributed by atoms with Crippen LogP contribution in [0.15, 0.2) is 12.2 Å². The monoisotopic (exact) mass is 182 g/mol. The molecule has 0 aromatic carbocycles. The molecule has 74 valence electrons. The van der Waals surface area contributed by atoms with Crippen LogP contribution in [0.4, 0.5) is 0 Å². The molecule has 1 atom stereocenters. The number of esters is 1. The second-order valence-corrected chi connectivity index (χ2v) is 4.51. The zero-order valence-corrected chi connectivity index (χ0v) is 8.67. The average Bonchev–Trinajstić information content (AvgIpc) is 2.03. The molecular weight excluding hydrogens is 164 g/mol. The summed E-state index contributed by atoms with van der Waals surface area (Å²) >= 11 is 0. The molecule has 1 rings (SSSR count). The molecule has 0 N–H and O–H groups in total. The van der Waals surface area contributed by atoms with Crippen molar-refractivity contribution in [2.75, 3.05) is 0 Å². The summed E-state index contributed by atoms with van der Waals surface area (Å²) in [4.78, 5) is 11.6. The average molecular weight is 182 g/mol. The van der Waals surface area contributed by atoms with Gasteiger partial charge in [-0.3, -0.25) is 4.79 Å². The van der Waals surface area contributed by atoms with Crippen LogP contribution < -0.4 is 0 Å². The number of rotatable bonds is 1. The Morgan fingerprint density at radius 3 is 2.54 bits per heavy atom. The van der Waals surface area contributed by atoms with Crippen molar-refractivity contribution < 1.29 is 9.53 Å². The molecule has 13 heavy (non-hydrogen) atoms. The Bertz CT molecular complexity index is 211. The van der Waals surface area contributed by atoms with Crippen molar-refractivity contribution >= 4 is 5.97 Å². The summed E-state index contributed by atoms with van der Waals surface area (Å²) in [6, 6.07) is 0. The summed E-state index contributed by atoms with van der Waals surface area (Å²) < 4.78 is 5.30. The molecule has 2 nitrogen and oxygen atoms in total. The fraction of sp³-hybridized carbons (Fsp3) is 0.727. The topological polar surface area (TPSA) is 26.3 Å². The molecule has 0 amide bonds. The minimum absolute atomic E-state index is 0.0446. The number of hydrogen-bond acceptors (Lipinski definition) is 2. The van der Waals surface area contributed by atoms with Crippen LogP contribution in [0.2, 0.25) is 0 Å². The fourth-order valence-corrected chi connectivity index (χ4v) is 1.39. The molecule has 2 heteroatoms. The number of carbonyl (C=O) groups excluding carboxylic acids is 1. The van der Waals surface area contributed by atoms with Crippen molar-refractivity contribution in [2.45, 2.75) is 45.6 Å². The standard InChI is InChI=1S/C11H18O2/c1-11(2,3)13-10(12)9-7-5-4-6-8-9/h4-5,9H,6-8H2,1-3H3. The minimum Gasteiger partial charge on any atom is -0.460 e. The summed E-state index contributed by atoms with van der Waals surface area (Å²) in [7, 11) is 0. The molecule has 0 aromatic rings. The van der Waals surface area contributed by atoms with Crippen LogP contribution in [0, 0.1) is 5.92 Å². The number of carbonyl (C=O) groups is 1. The summed E-state index contributed by atoms with van der Waals surface area (Å²) in [5.41, 5.74) is -0.349.